The maximum atomic E-state index is 14.2. The molecule has 7 nitrogen and oxygen atoms in total. The summed E-state index contributed by atoms with van der Waals surface area (Å²) >= 11 is 6.15. The van der Waals surface area contributed by atoms with Gasteiger partial charge in [0.15, 0.2) is 6.10 Å². The summed E-state index contributed by atoms with van der Waals surface area (Å²) in [5, 5.41) is 10.0. The van der Waals surface area contributed by atoms with Crippen LogP contribution in [0.4, 0.5) is 4.39 Å². The average molecular weight is 525 g/mol. The lowest BCUT2D eigenvalue weighted by molar-refractivity contribution is -0.171. The molecule has 3 aromatic rings. The molecule has 0 saturated carbocycles. The fourth-order valence-electron chi connectivity index (χ4n) is 4.45. The van der Waals surface area contributed by atoms with Crippen LogP contribution in [0.25, 0.3) is 0 Å². The summed E-state index contributed by atoms with van der Waals surface area (Å²) < 4.78 is 19.9. The van der Waals surface area contributed by atoms with Gasteiger partial charge in [0.1, 0.15) is 19.0 Å². The van der Waals surface area contributed by atoms with Crippen LogP contribution < -0.4 is 0 Å². The van der Waals surface area contributed by atoms with Gasteiger partial charge in [0, 0.05) is 18.1 Å². The number of hydrogen-bond acceptors (Lipinski definition) is 4. The van der Waals surface area contributed by atoms with Crippen molar-refractivity contribution in [3.05, 3.63) is 106 Å². The quantitative estimate of drug-likeness (QED) is 0.455. The summed E-state index contributed by atoms with van der Waals surface area (Å²) in [5.41, 5.74) is 1.81. The van der Waals surface area contributed by atoms with Gasteiger partial charge < -0.3 is 19.6 Å². The molecular formula is C28H26ClFN2O5. The summed E-state index contributed by atoms with van der Waals surface area (Å²) in [7, 11) is 0. The molecule has 0 radical (unpaired) electrons. The molecule has 0 bridgehead atoms. The summed E-state index contributed by atoms with van der Waals surface area (Å²) in [5.74, 6) is -2.54. The largest absolute Gasteiger partial charge is 0.480 e. The Morgan fingerprint density at radius 1 is 1.05 bits per heavy atom. The van der Waals surface area contributed by atoms with Gasteiger partial charge in [-0.25, -0.2) is 4.39 Å². The second kappa shape index (κ2) is 12.0. The molecule has 192 valence electrons. The molecule has 1 saturated heterocycles. The Kier molecular flexibility index (Phi) is 8.53. The van der Waals surface area contributed by atoms with Crippen molar-refractivity contribution in [1.29, 1.82) is 0 Å². The van der Waals surface area contributed by atoms with Gasteiger partial charge in [-0.05, 0) is 41.3 Å². The van der Waals surface area contributed by atoms with Crippen molar-refractivity contribution >= 4 is 29.4 Å². The van der Waals surface area contributed by atoms with Crippen molar-refractivity contribution in [3.8, 4) is 0 Å². The minimum atomic E-state index is -1.21. The van der Waals surface area contributed by atoms with Crippen molar-refractivity contribution in [2.75, 3.05) is 19.7 Å². The van der Waals surface area contributed by atoms with E-state index in [0.717, 1.165) is 10.5 Å². The third-order valence-electron chi connectivity index (χ3n) is 6.20. The van der Waals surface area contributed by atoms with Crippen molar-refractivity contribution in [1.82, 2.24) is 9.80 Å². The topological polar surface area (TPSA) is 87.1 Å². The zero-order chi connectivity index (χ0) is 26.4. The minimum absolute atomic E-state index is 0.0321. The van der Waals surface area contributed by atoms with Crippen LogP contribution >= 0.6 is 11.6 Å². The van der Waals surface area contributed by atoms with E-state index < -0.39 is 36.4 Å². The van der Waals surface area contributed by atoms with Gasteiger partial charge in [-0.2, -0.15) is 0 Å². The number of rotatable bonds is 9. The molecule has 1 fully saturated rings. The van der Waals surface area contributed by atoms with Crippen LogP contribution in [0.3, 0.4) is 0 Å². The van der Waals surface area contributed by atoms with Gasteiger partial charge in [0.05, 0.1) is 6.04 Å². The Bertz CT molecular complexity index is 1270. The van der Waals surface area contributed by atoms with E-state index in [1.807, 2.05) is 12.1 Å². The number of aliphatic carboxylic acids is 1. The Labute approximate surface area is 219 Å². The number of halogens is 2. The standard InChI is InChI=1S/C28H26ClFN2O5/c29-22-11-6-7-19(15-22)16-32-24(33)18-37-27(26(32)21-9-2-1-3-10-21)28(36)31(17-25(34)35)14-13-20-8-4-5-12-23(20)30/h1-12,15,26-27H,13-14,16-18H2,(H,34,35)/t26-,27-/m1/s1. The Hall–Kier alpha value is -3.75. The van der Waals surface area contributed by atoms with Gasteiger partial charge in [-0.15, -0.1) is 0 Å². The fourth-order valence-corrected chi connectivity index (χ4v) is 4.66. The molecule has 0 unspecified atom stereocenters. The third kappa shape index (κ3) is 6.53. The van der Waals surface area contributed by atoms with Crippen molar-refractivity contribution in [2.45, 2.75) is 25.1 Å². The van der Waals surface area contributed by atoms with Gasteiger partial charge in [-0.1, -0.05) is 72.3 Å². The number of ether oxygens (including phenoxy) is 1. The fraction of sp³-hybridized carbons (Fsp3) is 0.250. The number of amides is 2. The highest BCUT2D eigenvalue weighted by atomic mass is 35.5. The molecule has 0 aromatic heterocycles. The Balaban J connectivity index is 1.65. The normalized spacial score (nSPS) is 17.5. The van der Waals surface area contributed by atoms with Crippen LogP contribution in [0.5, 0.6) is 0 Å². The first-order valence-corrected chi connectivity index (χ1v) is 12.2. The number of benzene rings is 3. The van der Waals surface area contributed by atoms with Crippen LogP contribution in [0.1, 0.15) is 22.7 Å². The molecule has 4 rings (SSSR count). The highest BCUT2D eigenvalue weighted by Gasteiger charge is 2.43. The molecule has 0 aliphatic carbocycles. The monoisotopic (exact) mass is 524 g/mol. The number of carbonyl (C=O) groups excluding carboxylic acids is 2. The first-order valence-electron chi connectivity index (χ1n) is 11.8. The van der Waals surface area contributed by atoms with Gasteiger partial charge in [0.2, 0.25) is 5.91 Å². The number of carbonyl (C=O) groups is 3. The number of carboxylic acid groups (broad SMARTS) is 1. The molecule has 2 atom stereocenters. The number of carboxylic acids is 1. The van der Waals surface area contributed by atoms with E-state index in [9.17, 15) is 23.9 Å². The second-order valence-electron chi connectivity index (χ2n) is 8.73. The number of morpholine rings is 1. The first-order chi connectivity index (χ1) is 17.8. The lowest BCUT2D eigenvalue weighted by Crippen LogP contribution is -2.55. The maximum Gasteiger partial charge on any atom is 0.323 e. The van der Waals surface area contributed by atoms with Crippen molar-refractivity contribution in [3.63, 3.8) is 0 Å². The zero-order valence-corrected chi connectivity index (χ0v) is 20.7. The molecule has 1 heterocycles. The highest BCUT2D eigenvalue weighted by Crippen LogP contribution is 2.33. The molecule has 1 aliphatic rings. The van der Waals surface area contributed by atoms with E-state index in [0.29, 0.717) is 16.1 Å². The minimum Gasteiger partial charge on any atom is -0.480 e. The van der Waals surface area contributed by atoms with Gasteiger partial charge >= 0.3 is 5.97 Å². The molecular weight excluding hydrogens is 499 g/mol. The predicted molar refractivity (Wildman–Crippen MR) is 135 cm³/mol. The van der Waals surface area contributed by atoms with Crippen molar-refractivity contribution < 1.29 is 28.6 Å². The maximum absolute atomic E-state index is 14.2. The predicted octanol–water partition coefficient (Wildman–Crippen LogP) is 4.10. The summed E-state index contributed by atoms with van der Waals surface area (Å²) in [6.45, 7) is -0.776. The van der Waals surface area contributed by atoms with E-state index >= 15 is 0 Å². The van der Waals surface area contributed by atoms with Crippen LogP contribution in [0, 0.1) is 5.82 Å². The summed E-state index contributed by atoms with van der Waals surface area (Å²) in [6.07, 6.45) is -1.03. The van der Waals surface area contributed by atoms with Gasteiger partial charge in [0.25, 0.3) is 5.91 Å². The summed E-state index contributed by atoms with van der Waals surface area (Å²) in [4.78, 5) is 41.1. The molecule has 0 spiro atoms. The lowest BCUT2D eigenvalue weighted by atomic mass is 9.95. The second-order valence-corrected chi connectivity index (χ2v) is 9.17. The summed E-state index contributed by atoms with van der Waals surface area (Å²) in [6, 6.07) is 21.4. The van der Waals surface area contributed by atoms with E-state index in [1.165, 1.54) is 6.07 Å². The zero-order valence-electron chi connectivity index (χ0n) is 19.9. The van der Waals surface area contributed by atoms with Crippen LogP contribution in [-0.2, 0) is 32.1 Å². The SMILES string of the molecule is O=C(O)CN(CCc1ccccc1F)C(=O)[C@@H]1OCC(=O)N(Cc2cccc(Cl)c2)[C@@H]1c1ccccc1. The smallest absolute Gasteiger partial charge is 0.323 e. The third-order valence-corrected chi connectivity index (χ3v) is 6.44. The number of hydrogen-bond donors (Lipinski definition) is 1. The van der Waals surface area contributed by atoms with E-state index in [1.54, 1.807) is 65.6 Å². The van der Waals surface area contributed by atoms with Crippen LogP contribution in [0.15, 0.2) is 78.9 Å². The van der Waals surface area contributed by atoms with Crippen LogP contribution in [-0.4, -0.2) is 58.5 Å². The molecule has 9 heteroatoms. The van der Waals surface area contributed by atoms with E-state index in [4.69, 9.17) is 16.3 Å². The highest BCUT2D eigenvalue weighted by molar-refractivity contribution is 6.30. The Morgan fingerprint density at radius 2 is 1.78 bits per heavy atom. The van der Waals surface area contributed by atoms with Crippen LogP contribution in [0.2, 0.25) is 5.02 Å². The van der Waals surface area contributed by atoms with E-state index in [-0.39, 0.29) is 32.0 Å². The molecule has 1 aliphatic heterocycles. The lowest BCUT2D eigenvalue weighted by Gasteiger charge is -2.42. The first kappa shape index (κ1) is 26.3. The molecule has 1 N–H and O–H groups in total. The Morgan fingerprint density at radius 3 is 2.49 bits per heavy atom. The van der Waals surface area contributed by atoms with Crippen molar-refractivity contribution in [2.24, 2.45) is 0 Å². The molecule has 3 aromatic carbocycles. The number of nitrogens with zero attached hydrogens (tertiary/aromatic N) is 2. The van der Waals surface area contributed by atoms with E-state index in [2.05, 4.69) is 0 Å². The van der Waals surface area contributed by atoms with Gasteiger partial charge in [-0.3, -0.25) is 14.4 Å². The molecule has 2 amide bonds. The molecule has 37 heavy (non-hydrogen) atoms. The average Bonchev–Trinajstić information content (AvgIpc) is 2.88.